The number of nitrogens with one attached hydrogen (secondary N) is 2. The minimum atomic E-state index is 0.183. The molecule has 5 heteroatoms. The van der Waals surface area contributed by atoms with Crippen molar-refractivity contribution in [3.63, 3.8) is 0 Å². The Morgan fingerprint density at radius 1 is 1.31 bits per heavy atom. The Morgan fingerprint density at radius 2 is 2.12 bits per heavy atom. The molecule has 1 aromatic heterocycles. The molecular weight excluding hydrogens is 324 g/mol. The van der Waals surface area contributed by atoms with E-state index in [9.17, 15) is 4.79 Å². The summed E-state index contributed by atoms with van der Waals surface area (Å²) in [5.41, 5.74) is 5.55. The van der Waals surface area contributed by atoms with Crippen LogP contribution in [0.4, 0.5) is 0 Å². The quantitative estimate of drug-likeness (QED) is 0.884. The Kier molecular flexibility index (Phi) is 5.00. The third kappa shape index (κ3) is 3.38. The highest BCUT2D eigenvalue weighted by Gasteiger charge is 2.23. The molecule has 2 aliphatic rings. The Balaban J connectivity index is 1.52. The summed E-state index contributed by atoms with van der Waals surface area (Å²) in [5, 5.41) is 7.89. The van der Waals surface area contributed by atoms with Gasteiger partial charge in [0.15, 0.2) is 0 Å². The highest BCUT2D eigenvalue weighted by atomic mass is 16.1. The first kappa shape index (κ1) is 17.6. The molecule has 0 atom stereocenters. The topological polar surface area (TPSA) is 49.3 Å². The third-order valence-corrected chi connectivity index (χ3v) is 5.95. The molecule has 0 spiro atoms. The van der Waals surface area contributed by atoms with Gasteiger partial charge in [0.25, 0.3) is 0 Å². The van der Waals surface area contributed by atoms with Crippen LogP contribution >= 0.6 is 0 Å². The molecule has 5 nitrogen and oxygen atoms in total. The number of nitrogens with zero attached hydrogens (tertiary/aromatic N) is 2. The zero-order valence-electron chi connectivity index (χ0n) is 16.0. The molecule has 1 aromatic carbocycles. The predicted molar refractivity (Wildman–Crippen MR) is 105 cm³/mol. The summed E-state index contributed by atoms with van der Waals surface area (Å²) >= 11 is 0. The fourth-order valence-electron chi connectivity index (χ4n) is 4.47. The Bertz CT molecular complexity index is 804. The smallest absolute Gasteiger partial charge is 0.223 e. The van der Waals surface area contributed by atoms with Crippen molar-refractivity contribution < 1.29 is 4.79 Å². The number of rotatable bonds is 4. The van der Waals surface area contributed by atoms with Crippen molar-refractivity contribution in [3.05, 3.63) is 35.0 Å². The molecule has 26 heavy (non-hydrogen) atoms. The minimum Gasteiger partial charge on any atom is -0.354 e. The van der Waals surface area contributed by atoms with Gasteiger partial charge in [0, 0.05) is 55.1 Å². The maximum absolute atomic E-state index is 12.4. The molecule has 0 bridgehead atoms. The van der Waals surface area contributed by atoms with Gasteiger partial charge in [-0.25, -0.2) is 0 Å². The fourth-order valence-corrected chi connectivity index (χ4v) is 4.47. The third-order valence-electron chi connectivity index (χ3n) is 5.95. The second-order valence-corrected chi connectivity index (χ2v) is 7.90. The van der Waals surface area contributed by atoms with Gasteiger partial charge >= 0.3 is 0 Å². The van der Waals surface area contributed by atoms with Crippen LogP contribution in [-0.4, -0.2) is 48.6 Å². The van der Waals surface area contributed by atoms with Gasteiger partial charge in [-0.1, -0.05) is 11.6 Å². The number of carbonyl (C=O) groups excluding carboxylic acids is 1. The van der Waals surface area contributed by atoms with Crippen LogP contribution in [0.1, 0.15) is 29.7 Å². The molecule has 140 valence electrons. The molecule has 2 N–H and O–H groups in total. The van der Waals surface area contributed by atoms with Crippen LogP contribution in [0.3, 0.4) is 0 Å². The van der Waals surface area contributed by atoms with Crippen LogP contribution in [0.5, 0.6) is 0 Å². The summed E-state index contributed by atoms with van der Waals surface area (Å²) in [4.78, 5) is 14.8. The van der Waals surface area contributed by atoms with Crippen molar-refractivity contribution in [3.8, 4) is 0 Å². The van der Waals surface area contributed by atoms with Crippen molar-refractivity contribution in [2.24, 2.45) is 5.92 Å². The Hall–Kier alpha value is -1.85. The molecular formula is C21H30N4O. The van der Waals surface area contributed by atoms with E-state index in [2.05, 4.69) is 52.3 Å². The van der Waals surface area contributed by atoms with E-state index in [1.54, 1.807) is 0 Å². The van der Waals surface area contributed by atoms with Crippen molar-refractivity contribution in [1.82, 2.24) is 20.1 Å². The standard InChI is InChI=1S/C21H30N4O/c1-15-3-4-19-17(13-15)18-14-24(2)11-7-20(18)25(19)12-10-23-21(26)16-5-8-22-9-6-16/h3-4,13,16,22H,5-12,14H2,1-2H3,(H,23,26). The fraction of sp³-hybridized carbons (Fsp3) is 0.571. The molecule has 1 fully saturated rings. The van der Waals surface area contributed by atoms with Crippen LogP contribution in [-0.2, 0) is 24.3 Å². The molecule has 2 aromatic rings. The van der Waals surface area contributed by atoms with Crippen molar-refractivity contribution in [1.29, 1.82) is 0 Å². The van der Waals surface area contributed by atoms with E-state index in [-0.39, 0.29) is 11.8 Å². The van der Waals surface area contributed by atoms with E-state index in [1.807, 2.05) is 0 Å². The van der Waals surface area contributed by atoms with Gasteiger partial charge in [0.1, 0.15) is 0 Å². The lowest BCUT2D eigenvalue weighted by atomic mass is 9.97. The number of carbonyl (C=O) groups is 1. The van der Waals surface area contributed by atoms with E-state index in [4.69, 9.17) is 0 Å². The van der Waals surface area contributed by atoms with Crippen LogP contribution in [0.2, 0.25) is 0 Å². The lowest BCUT2D eigenvalue weighted by Gasteiger charge is -2.25. The molecule has 1 saturated heterocycles. The van der Waals surface area contributed by atoms with Gasteiger partial charge in [-0.2, -0.15) is 0 Å². The van der Waals surface area contributed by atoms with E-state index < -0.39 is 0 Å². The van der Waals surface area contributed by atoms with E-state index >= 15 is 0 Å². The van der Waals surface area contributed by atoms with Crippen LogP contribution in [0.15, 0.2) is 18.2 Å². The lowest BCUT2D eigenvalue weighted by molar-refractivity contribution is -0.125. The number of aryl methyl sites for hydroxylation is 1. The highest BCUT2D eigenvalue weighted by molar-refractivity contribution is 5.86. The summed E-state index contributed by atoms with van der Waals surface area (Å²) < 4.78 is 2.44. The summed E-state index contributed by atoms with van der Waals surface area (Å²) in [6.45, 7) is 7.77. The van der Waals surface area contributed by atoms with Crippen molar-refractivity contribution in [2.45, 2.75) is 39.3 Å². The van der Waals surface area contributed by atoms with Crippen LogP contribution < -0.4 is 10.6 Å². The largest absolute Gasteiger partial charge is 0.354 e. The lowest BCUT2D eigenvalue weighted by Crippen LogP contribution is -2.39. The molecule has 0 radical (unpaired) electrons. The summed E-state index contributed by atoms with van der Waals surface area (Å²) in [6.07, 6.45) is 3.00. The molecule has 4 rings (SSSR count). The van der Waals surface area contributed by atoms with E-state index in [0.29, 0.717) is 6.54 Å². The predicted octanol–water partition coefficient (Wildman–Crippen LogP) is 2.05. The zero-order valence-corrected chi connectivity index (χ0v) is 16.0. The molecule has 0 aliphatic carbocycles. The first-order valence-corrected chi connectivity index (χ1v) is 9.91. The van der Waals surface area contributed by atoms with Crippen molar-refractivity contribution >= 4 is 16.8 Å². The van der Waals surface area contributed by atoms with Gasteiger partial charge in [-0.15, -0.1) is 0 Å². The van der Waals surface area contributed by atoms with Crippen molar-refractivity contribution in [2.75, 3.05) is 33.2 Å². The second kappa shape index (κ2) is 7.41. The minimum absolute atomic E-state index is 0.183. The number of piperidine rings is 1. The maximum atomic E-state index is 12.4. The molecule has 3 heterocycles. The normalized spacial score (nSPS) is 18.8. The Morgan fingerprint density at radius 3 is 2.92 bits per heavy atom. The summed E-state index contributed by atoms with van der Waals surface area (Å²) in [7, 11) is 2.20. The molecule has 0 saturated carbocycles. The van der Waals surface area contributed by atoms with Gasteiger partial charge < -0.3 is 20.1 Å². The maximum Gasteiger partial charge on any atom is 0.223 e. The van der Waals surface area contributed by atoms with Gasteiger partial charge in [-0.05, 0) is 57.6 Å². The average Bonchev–Trinajstić information content (AvgIpc) is 2.95. The van der Waals surface area contributed by atoms with Gasteiger partial charge in [0.05, 0.1) is 0 Å². The van der Waals surface area contributed by atoms with Gasteiger partial charge in [-0.3, -0.25) is 4.79 Å². The average molecular weight is 354 g/mol. The summed E-state index contributed by atoms with van der Waals surface area (Å²) in [6, 6.07) is 6.76. The number of hydrogen-bond acceptors (Lipinski definition) is 3. The SMILES string of the molecule is Cc1ccc2c(c1)c1c(n2CCNC(=O)C2CCNCC2)CCN(C)C1. The molecule has 2 aliphatic heterocycles. The number of aromatic nitrogens is 1. The number of amides is 1. The first-order valence-electron chi connectivity index (χ1n) is 9.91. The van der Waals surface area contributed by atoms with Gasteiger partial charge in [0.2, 0.25) is 5.91 Å². The number of benzene rings is 1. The molecule has 1 amide bonds. The van der Waals surface area contributed by atoms with Crippen LogP contribution in [0.25, 0.3) is 10.9 Å². The van der Waals surface area contributed by atoms with E-state index in [1.165, 1.54) is 27.7 Å². The first-order chi connectivity index (χ1) is 12.6. The number of fused-ring (bicyclic) bond motifs is 3. The molecule has 0 unspecified atom stereocenters. The number of likely N-dealkylation sites (N-methyl/N-ethyl adjacent to an activating group) is 1. The monoisotopic (exact) mass is 354 g/mol. The zero-order chi connectivity index (χ0) is 18.1. The second-order valence-electron chi connectivity index (χ2n) is 7.90. The van der Waals surface area contributed by atoms with E-state index in [0.717, 1.165) is 52.0 Å². The highest BCUT2D eigenvalue weighted by Crippen LogP contribution is 2.31. The summed E-state index contributed by atoms with van der Waals surface area (Å²) in [5.74, 6) is 0.412. The van der Waals surface area contributed by atoms with Crippen LogP contribution in [0, 0.1) is 12.8 Å². The number of hydrogen-bond donors (Lipinski definition) is 2. The Labute approximate surface area is 155 Å².